The van der Waals surface area contributed by atoms with Gasteiger partial charge in [0.1, 0.15) is 11.4 Å². The largest absolute Gasteiger partial charge is 0.477 e. The molecule has 0 radical (unpaired) electrons. The SMILES string of the molecule is CC(=O)N1CCC(Nc2nc(C(F)(F)F)ncc2C(=O)O)CC1.Cl. The van der Waals surface area contributed by atoms with Crippen LogP contribution in [0.1, 0.15) is 35.9 Å². The number of piperidine rings is 1. The number of carbonyl (C=O) groups excluding carboxylic acids is 1. The monoisotopic (exact) mass is 368 g/mol. The van der Waals surface area contributed by atoms with Gasteiger partial charge in [-0.3, -0.25) is 4.79 Å². The first-order valence-corrected chi connectivity index (χ1v) is 6.88. The van der Waals surface area contributed by atoms with Crippen molar-refractivity contribution >= 4 is 30.1 Å². The van der Waals surface area contributed by atoms with E-state index in [0.29, 0.717) is 32.1 Å². The Balaban J connectivity index is 0.00000288. The van der Waals surface area contributed by atoms with Gasteiger partial charge in [0.15, 0.2) is 0 Å². The van der Waals surface area contributed by atoms with Crippen molar-refractivity contribution < 1.29 is 27.9 Å². The Morgan fingerprint density at radius 2 is 1.92 bits per heavy atom. The molecule has 2 N–H and O–H groups in total. The van der Waals surface area contributed by atoms with Gasteiger partial charge in [-0.15, -0.1) is 12.4 Å². The van der Waals surface area contributed by atoms with Crippen molar-refractivity contribution in [1.29, 1.82) is 0 Å². The van der Waals surface area contributed by atoms with Crippen molar-refractivity contribution in [2.75, 3.05) is 18.4 Å². The average molecular weight is 369 g/mol. The Kier molecular flexibility index (Phi) is 6.35. The quantitative estimate of drug-likeness (QED) is 0.847. The van der Waals surface area contributed by atoms with Crippen LogP contribution in [0.15, 0.2) is 6.20 Å². The number of nitrogens with one attached hydrogen (secondary N) is 1. The van der Waals surface area contributed by atoms with Crippen LogP contribution >= 0.6 is 12.4 Å². The predicted octanol–water partition coefficient (Wildman–Crippen LogP) is 2.04. The zero-order valence-electron chi connectivity index (χ0n) is 12.6. The zero-order chi connectivity index (χ0) is 17.2. The number of halogens is 4. The Hall–Kier alpha value is -2.10. The number of carboxylic acid groups (broad SMARTS) is 1. The van der Waals surface area contributed by atoms with Gasteiger partial charge in [-0.25, -0.2) is 14.8 Å². The molecule has 0 unspecified atom stereocenters. The maximum absolute atomic E-state index is 12.7. The minimum Gasteiger partial charge on any atom is -0.477 e. The molecular formula is C13H16ClF3N4O3. The zero-order valence-corrected chi connectivity index (χ0v) is 13.4. The number of hydrogen-bond acceptors (Lipinski definition) is 5. The molecule has 7 nitrogen and oxygen atoms in total. The van der Waals surface area contributed by atoms with E-state index in [4.69, 9.17) is 5.11 Å². The van der Waals surface area contributed by atoms with Gasteiger partial charge < -0.3 is 15.3 Å². The van der Waals surface area contributed by atoms with Crippen molar-refractivity contribution in [3.05, 3.63) is 17.6 Å². The Labute approximate surface area is 141 Å². The standard InChI is InChI=1S/C13H15F3N4O3.ClH/c1-7(21)20-4-2-8(3-5-20)18-10-9(11(22)23)6-17-12(19-10)13(14,15)16;/h6,8H,2-5H2,1H3,(H,22,23)(H,17,18,19);1H. The van der Waals surface area contributed by atoms with Gasteiger partial charge in [0.2, 0.25) is 11.7 Å². The molecule has 1 aromatic heterocycles. The smallest absolute Gasteiger partial charge is 0.451 e. The third-order valence-corrected chi connectivity index (χ3v) is 3.55. The summed E-state index contributed by atoms with van der Waals surface area (Å²) in [7, 11) is 0. The summed E-state index contributed by atoms with van der Waals surface area (Å²) in [6, 6.07) is -0.264. The van der Waals surface area contributed by atoms with E-state index in [-0.39, 0.29) is 30.2 Å². The minimum atomic E-state index is -4.76. The molecular weight excluding hydrogens is 353 g/mol. The summed E-state index contributed by atoms with van der Waals surface area (Å²) >= 11 is 0. The third kappa shape index (κ3) is 4.70. The van der Waals surface area contributed by atoms with Crippen LogP contribution in [0.3, 0.4) is 0 Å². The first kappa shape index (κ1) is 19.9. The van der Waals surface area contributed by atoms with Crippen molar-refractivity contribution in [3.8, 4) is 0 Å². The number of hydrogen-bond donors (Lipinski definition) is 2. The molecule has 2 heterocycles. The van der Waals surface area contributed by atoms with Gasteiger partial charge in [-0.05, 0) is 12.8 Å². The highest BCUT2D eigenvalue weighted by Crippen LogP contribution is 2.28. The number of likely N-dealkylation sites (tertiary alicyclic amines) is 1. The van der Waals surface area contributed by atoms with Crippen LogP contribution in [0.5, 0.6) is 0 Å². The molecule has 1 amide bonds. The van der Waals surface area contributed by atoms with E-state index in [0.717, 1.165) is 0 Å². The molecule has 0 bridgehead atoms. The molecule has 0 atom stereocenters. The lowest BCUT2D eigenvalue weighted by Crippen LogP contribution is -2.41. The Morgan fingerprint density at radius 1 is 1.33 bits per heavy atom. The van der Waals surface area contributed by atoms with Gasteiger partial charge >= 0.3 is 12.1 Å². The van der Waals surface area contributed by atoms with Crippen LogP contribution in [-0.2, 0) is 11.0 Å². The summed E-state index contributed by atoms with van der Waals surface area (Å²) in [6.07, 6.45) is -3.13. The summed E-state index contributed by atoms with van der Waals surface area (Å²) < 4.78 is 38.0. The van der Waals surface area contributed by atoms with Crippen LogP contribution in [-0.4, -0.2) is 51.0 Å². The average Bonchev–Trinajstić information content (AvgIpc) is 2.46. The summed E-state index contributed by atoms with van der Waals surface area (Å²) in [4.78, 5) is 30.3. The number of nitrogens with zero attached hydrogens (tertiary/aromatic N) is 3. The predicted molar refractivity (Wildman–Crippen MR) is 80.1 cm³/mol. The van der Waals surface area contributed by atoms with Crippen LogP contribution in [0.25, 0.3) is 0 Å². The second kappa shape index (κ2) is 7.65. The Bertz CT molecular complexity index is 619. The van der Waals surface area contributed by atoms with Crippen molar-refractivity contribution in [1.82, 2.24) is 14.9 Å². The number of amides is 1. The van der Waals surface area contributed by atoms with Gasteiger partial charge in [-0.1, -0.05) is 0 Å². The highest BCUT2D eigenvalue weighted by atomic mass is 35.5. The molecule has 1 saturated heterocycles. The van der Waals surface area contributed by atoms with Crippen LogP contribution < -0.4 is 5.32 Å². The van der Waals surface area contributed by atoms with E-state index in [2.05, 4.69) is 15.3 Å². The molecule has 0 saturated carbocycles. The van der Waals surface area contributed by atoms with E-state index >= 15 is 0 Å². The van der Waals surface area contributed by atoms with Crippen molar-refractivity contribution in [2.45, 2.75) is 32.0 Å². The second-order valence-corrected chi connectivity index (χ2v) is 5.18. The fourth-order valence-corrected chi connectivity index (χ4v) is 2.32. The molecule has 1 aromatic rings. The lowest BCUT2D eigenvalue weighted by atomic mass is 10.0. The lowest BCUT2D eigenvalue weighted by molar-refractivity contribution is -0.145. The van der Waals surface area contributed by atoms with E-state index in [1.165, 1.54) is 6.92 Å². The van der Waals surface area contributed by atoms with Crippen molar-refractivity contribution in [2.24, 2.45) is 0 Å². The molecule has 134 valence electrons. The molecule has 2 rings (SSSR count). The second-order valence-electron chi connectivity index (χ2n) is 5.18. The highest BCUT2D eigenvalue weighted by molar-refractivity contribution is 5.92. The number of alkyl halides is 3. The first-order chi connectivity index (χ1) is 10.7. The van der Waals surface area contributed by atoms with E-state index in [1.54, 1.807) is 4.90 Å². The van der Waals surface area contributed by atoms with Crippen LogP contribution in [0, 0.1) is 0 Å². The molecule has 0 spiro atoms. The minimum absolute atomic E-state index is 0. The third-order valence-electron chi connectivity index (χ3n) is 3.55. The van der Waals surface area contributed by atoms with Gasteiger partial charge in [-0.2, -0.15) is 13.2 Å². The molecule has 0 aromatic carbocycles. The maximum atomic E-state index is 12.7. The topological polar surface area (TPSA) is 95.4 Å². The number of rotatable bonds is 3. The van der Waals surface area contributed by atoms with Crippen molar-refractivity contribution in [3.63, 3.8) is 0 Å². The number of carbonyl (C=O) groups is 2. The fourth-order valence-electron chi connectivity index (χ4n) is 2.32. The van der Waals surface area contributed by atoms with Crippen LogP contribution in [0.4, 0.5) is 19.0 Å². The van der Waals surface area contributed by atoms with Gasteiger partial charge in [0, 0.05) is 32.3 Å². The number of anilines is 1. The Morgan fingerprint density at radius 3 is 2.38 bits per heavy atom. The first-order valence-electron chi connectivity index (χ1n) is 6.88. The lowest BCUT2D eigenvalue weighted by Gasteiger charge is -2.32. The summed E-state index contributed by atoms with van der Waals surface area (Å²) in [5, 5.41) is 11.8. The van der Waals surface area contributed by atoms with E-state index in [1.807, 2.05) is 0 Å². The van der Waals surface area contributed by atoms with E-state index < -0.39 is 23.5 Å². The maximum Gasteiger partial charge on any atom is 0.451 e. The summed E-state index contributed by atoms with van der Waals surface area (Å²) in [5.74, 6) is -3.24. The molecule has 0 aliphatic carbocycles. The van der Waals surface area contributed by atoms with Gasteiger partial charge in [0.05, 0.1) is 0 Å². The van der Waals surface area contributed by atoms with Gasteiger partial charge in [0.25, 0.3) is 0 Å². The number of aromatic carboxylic acids is 1. The normalized spacial score (nSPS) is 15.6. The summed E-state index contributed by atoms with van der Waals surface area (Å²) in [5.41, 5.74) is -0.424. The molecule has 1 aliphatic rings. The summed E-state index contributed by atoms with van der Waals surface area (Å²) in [6.45, 7) is 2.34. The fraction of sp³-hybridized carbons (Fsp3) is 0.538. The molecule has 24 heavy (non-hydrogen) atoms. The van der Waals surface area contributed by atoms with Crippen LogP contribution in [0.2, 0.25) is 0 Å². The number of aromatic nitrogens is 2. The molecule has 11 heteroatoms. The number of carboxylic acids is 1. The molecule has 1 fully saturated rings. The van der Waals surface area contributed by atoms with E-state index in [9.17, 15) is 22.8 Å². The molecule has 1 aliphatic heterocycles. The highest BCUT2D eigenvalue weighted by Gasteiger charge is 2.36.